The minimum absolute atomic E-state index is 0.00622. The lowest BCUT2D eigenvalue weighted by molar-refractivity contribution is 0.0449. The Morgan fingerprint density at radius 1 is 1.03 bits per heavy atom. The number of pyridine rings is 2. The molecule has 0 unspecified atom stereocenters. The van der Waals surface area contributed by atoms with Crippen molar-refractivity contribution >= 4 is 34.2 Å². The number of nitrogen functional groups attached to an aromatic ring is 1. The van der Waals surface area contributed by atoms with E-state index in [1.165, 1.54) is 38.7 Å². The third-order valence-corrected chi connectivity index (χ3v) is 5.02. The van der Waals surface area contributed by atoms with Gasteiger partial charge in [-0.2, -0.15) is 0 Å². The number of aromatic nitrogens is 2. The van der Waals surface area contributed by atoms with Crippen molar-refractivity contribution < 1.29 is 33.3 Å². The summed E-state index contributed by atoms with van der Waals surface area (Å²) < 4.78 is 20.4. The van der Waals surface area contributed by atoms with Crippen LogP contribution in [0.25, 0.3) is 0 Å². The normalized spacial score (nSPS) is 10.3. The molecule has 0 aliphatic rings. The van der Waals surface area contributed by atoms with E-state index >= 15 is 0 Å². The Hall–Kier alpha value is -3.99. The molecule has 3 rings (SSSR count). The van der Waals surface area contributed by atoms with Crippen molar-refractivity contribution in [3.63, 3.8) is 0 Å². The molecule has 0 saturated carbocycles. The molecule has 2 N–H and O–H groups in total. The van der Waals surface area contributed by atoms with Crippen LogP contribution in [0.15, 0.2) is 42.9 Å². The van der Waals surface area contributed by atoms with Crippen LogP contribution in [0.1, 0.15) is 36.0 Å². The number of hydrogen-bond donors (Lipinski definition) is 1. The van der Waals surface area contributed by atoms with Gasteiger partial charge in [-0.15, -0.1) is 11.3 Å². The Morgan fingerprint density at radius 3 is 2.45 bits per heavy atom. The smallest absolute Gasteiger partial charge is 0.348 e. The fourth-order valence-corrected chi connectivity index (χ4v) is 3.55. The molecule has 0 aliphatic heterocycles. The minimum Gasteiger partial charge on any atom is -0.465 e. The van der Waals surface area contributed by atoms with Crippen LogP contribution in [-0.2, 0) is 20.8 Å². The van der Waals surface area contributed by atoms with E-state index in [2.05, 4.69) is 9.97 Å². The van der Waals surface area contributed by atoms with Crippen molar-refractivity contribution in [1.82, 2.24) is 9.97 Å². The molecule has 0 atom stereocenters. The predicted octanol–water partition coefficient (Wildman–Crippen LogP) is 2.84. The van der Waals surface area contributed by atoms with E-state index < -0.39 is 24.5 Å². The average molecular weight is 443 g/mol. The van der Waals surface area contributed by atoms with E-state index in [9.17, 15) is 14.4 Å². The highest BCUT2D eigenvalue weighted by molar-refractivity contribution is 7.18. The number of esters is 3. The van der Waals surface area contributed by atoms with Crippen molar-refractivity contribution in [3.8, 4) is 11.6 Å². The van der Waals surface area contributed by atoms with Crippen molar-refractivity contribution in [1.29, 1.82) is 0 Å². The summed E-state index contributed by atoms with van der Waals surface area (Å²) in [6.07, 6.45) is 4.49. The van der Waals surface area contributed by atoms with Crippen LogP contribution >= 0.6 is 11.3 Å². The van der Waals surface area contributed by atoms with E-state index in [0.717, 1.165) is 11.3 Å². The SMILES string of the molecule is COC(=O)c1sc(N)c(C(=O)OC)c1COC(=O)c1cccnc1Oc1cccnc1. The monoisotopic (exact) mass is 443 g/mol. The Labute approximate surface area is 180 Å². The first-order chi connectivity index (χ1) is 15.0. The Balaban J connectivity index is 1.86. The van der Waals surface area contributed by atoms with Gasteiger partial charge >= 0.3 is 17.9 Å². The van der Waals surface area contributed by atoms with Crippen molar-refractivity contribution in [2.45, 2.75) is 6.61 Å². The number of methoxy groups -OCH3 is 2. The molecule has 3 aromatic rings. The second-order valence-electron chi connectivity index (χ2n) is 5.86. The summed E-state index contributed by atoms with van der Waals surface area (Å²) >= 11 is 0.837. The number of hydrogen-bond acceptors (Lipinski definition) is 11. The zero-order valence-electron chi connectivity index (χ0n) is 16.5. The minimum atomic E-state index is -0.789. The third kappa shape index (κ3) is 4.78. The molecule has 0 aliphatic carbocycles. The third-order valence-electron chi connectivity index (χ3n) is 3.98. The van der Waals surface area contributed by atoms with Gasteiger partial charge in [-0.3, -0.25) is 4.98 Å². The largest absolute Gasteiger partial charge is 0.465 e. The number of nitrogens with zero attached hydrogens (tertiary/aromatic N) is 2. The molecule has 31 heavy (non-hydrogen) atoms. The maximum absolute atomic E-state index is 12.7. The standard InChI is InChI=1S/C20H17N3O7S/c1-27-19(25)14-13(15(20(26)28-2)31-16(14)21)10-29-18(24)12-6-4-8-23-17(12)30-11-5-3-7-22-9-11/h3-9H,10,21H2,1-2H3. The summed E-state index contributed by atoms with van der Waals surface area (Å²) in [5.41, 5.74) is 5.94. The number of carbonyl (C=O) groups is 3. The van der Waals surface area contributed by atoms with Gasteiger partial charge in [0.2, 0.25) is 5.88 Å². The number of ether oxygens (including phenoxy) is 4. The van der Waals surface area contributed by atoms with Crippen LogP contribution in [0.4, 0.5) is 5.00 Å². The van der Waals surface area contributed by atoms with Gasteiger partial charge in [0.1, 0.15) is 33.4 Å². The summed E-state index contributed by atoms with van der Waals surface area (Å²) in [6, 6.07) is 6.32. The number of nitrogens with two attached hydrogens (primary N) is 1. The number of carbonyl (C=O) groups excluding carboxylic acids is 3. The second kappa shape index (κ2) is 9.67. The molecule has 3 heterocycles. The van der Waals surface area contributed by atoms with Crippen LogP contribution in [0.3, 0.4) is 0 Å². The summed E-state index contributed by atoms with van der Waals surface area (Å²) in [5.74, 6) is -1.89. The van der Waals surface area contributed by atoms with Gasteiger partial charge in [0.05, 0.1) is 20.4 Å². The van der Waals surface area contributed by atoms with Crippen molar-refractivity contribution in [3.05, 3.63) is 64.4 Å². The first-order valence-electron chi connectivity index (χ1n) is 8.74. The van der Waals surface area contributed by atoms with E-state index in [-0.39, 0.29) is 32.4 Å². The van der Waals surface area contributed by atoms with Gasteiger partial charge in [0.15, 0.2) is 0 Å². The predicted molar refractivity (Wildman–Crippen MR) is 109 cm³/mol. The first kappa shape index (κ1) is 21.7. The lowest BCUT2D eigenvalue weighted by atomic mass is 10.1. The second-order valence-corrected chi connectivity index (χ2v) is 6.91. The molecule has 10 nitrogen and oxygen atoms in total. The fourth-order valence-electron chi connectivity index (χ4n) is 2.57. The summed E-state index contributed by atoms with van der Waals surface area (Å²) in [5, 5.41) is 0.0419. The van der Waals surface area contributed by atoms with E-state index in [1.54, 1.807) is 18.3 Å². The Kier molecular flexibility index (Phi) is 6.78. The Bertz CT molecular complexity index is 1120. The molecule has 0 spiro atoms. The molecule has 0 radical (unpaired) electrons. The van der Waals surface area contributed by atoms with Crippen LogP contribution < -0.4 is 10.5 Å². The van der Waals surface area contributed by atoms with Crippen LogP contribution in [0.2, 0.25) is 0 Å². The molecule has 0 amide bonds. The summed E-state index contributed by atoms with van der Waals surface area (Å²) in [7, 11) is 2.36. The van der Waals surface area contributed by atoms with E-state index in [0.29, 0.717) is 5.75 Å². The van der Waals surface area contributed by atoms with Gasteiger partial charge in [0.25, 0.3) is 0 Å². The summed E-state index contributed by atoms with van der Waals surface area (Å²) in [4.78, 5) is 45.0. The highest BCUT2D eigenvalue weighted by atomic mass is 32.1. The number of anilines is 1. The van der Waals surface area contributed by atoms with Gasteiger partial charge < -0.3 is 24.7 Å². The molecule has 11 heteroatoms. The van der Waals surface area contributed by atoms with Crippen molar-refractivity contribution in [2.75, 3.05) is 20.0 Å². The van der Waals surface area contributed by atoms with E-state index in [4.69, 9.17) is 24.7 Å². The zero-order chi connectivity index (χ0) is 22.4. The lowest BCUT2D eigenvalue weighted by Crippen LogP contribution is -2.13. The first-order valence-corrected chi connectivity index (χ1v) is 9.55. The highest BCUT2D eigenvalue weighted by Gasteiger charge is 2.28. The number of thiophene rings is 1. The molecule has 0 aromatic carbocycles. The van der Waals surface area contributed by atoms with Gasteiger partial charge in [0, 0.05) is 18.0 Å². The fraction of sp³-hybridized carbons (Fsp3) is 0.150. The molecule has 0 saturated heterocycles. The molecular weight excluding hydrogens is 426 g/mol. The van der Waals surface area contributed by atoms with Gasteiger partial charge in [-0.25, -0.2) is 19.4 Å². The Morgan fingerprint density at radius 2 is 1.77 bits per heavy atom. The van der Waals surface area contributed by atoms with Crippen LogP contribution in [-0.4, -0.2) is 42.1 Å². The van der Waals surface area contributed by atoms with Crippen molar-refractivity contribution in [2.24, 2.45) is 0 Å². The molecule has 0 fully saturated rings. The van der Waals surface area contributed by atoms with Crippen LogP contribution in [0, 0.1) is 0 Å². The van der Waals surface area contributed by atoms with E-state index in [1.807, 2.05) is 0 Å². The van der Waals surface area contributed by atoms with Gasteiger partial charge in [-0.1, -0.05) is 0 Å². The topological polar surface area (TPSA) is 140 Å². The van der Waals surface area contributed by atoms with Gasteiger partial charge in [-0.05, 0) is 24.3 Å². The zero-order valence-corrected chi connectivity index (χ0v) is 17.3. The maximum atomic E-state index is 12.7. The molecule has 0 bridgehead atoms. The number of rotatable bonds is 7. The van der Waals surface area contributed by atoms with Crippen LogP contribution in [0.5, 0.6) is 11.6 Å². The molecule has 160 valence electrons. The summed E-state index contributed by atoms with van der Waals surface area (Å²) in [6.45, 7) is -0.428. The average Bonchev–Trinajstić information content (AvgIpc) is 3.13. The molecular formula is C20H17N3O7S. The molecule has 3 aromatic heterocycles. The highest BCUT2D eigenvalue weighted by Crippen LogP contribution is 2.33. The maximum Gasteiger partial charge on any atom is 0.348 e. The lowest BCUT2D eigenvalue weighted by Gasteiger charge is -2.10. The quantitative estimate of drug-likeness (QED) is 0.428.